The molecular weight excluding hydrogens is 246 g/mol. The van der Waals surface area contributed by atoms with Gasteiger partial charge in [-0.3, -0.25) is 9.59 Å². The third kappa shape index (κ3) is 2.17. The molecule has 98 valence electrons. The average Bonchev–Trinajstić information content (AvgIpc) is 2.97. The third-order valence-electron chi connectivity index (χ3n) is 3.86. The highest BCUT2D eigenvalue weighted by Gasteiger charge is 2.52. The van der Waals surface area contributed by atoms with Crippen LogP contribution >= 0.6 is 0 Å². The maximum atomic E-state index is 12.4. The maximum absolute atomic E-state index is 12.4. The molecule has 2 rings (SSSR count). The van der Waals surface area contributed by atoms with Crippen molar-refractivity contribution in [2.45, 2.75) is 6.42 Å². The molecule has 1 amide bonds. The second kappa shape index (κ2) is 5.11. The van der Waals surface area contributed by atoms with Crippen molar-refractivity contribution in [3.8, 4) is 12.1 Å². The van der Waals surface area contributed by atoms with Crippen LogP contribution in [0.25, 0.3) is 0 Å². The minimum atomic E-state index is -0.982. The molecule has 2 unspecified atom stereocenters. The number of carbonyl (C=O) groups excluding carboxylic acids is 1. The number of carboxylic acids is 1. The average molecular weight is 259 g/mol. The Kier molecular flexibility index (Phi) is 3.52. The molecule has 0 aromatic rings. The number of rotatable bonds is 4. The summed E-state index contributed by atoms with van der Waals surface area (Å²) in [6.07, 6.45) is 4.40. The summed E-state index contributed by atoms with van der Waals surface area (Å²) in [6.45, 7) is -0.368. The highest BCUT2D eigenvalue weighted by atomic mass is 16.4. The van der Waals surface area contributed by atoms with Crippen LogP contribution in [0.5, 0.6) is 0 Å². The minimum absolute atomic E-state index is 0.0847. The highest BCUT2D eigenvalue weighted by Crippen LogP contribution is 2.48. The number of carbonyl (C=O) groups is 2. The van der Waals surface area contributed by atoms with Gasteiger partial charge in [0.1, 0.15) is 13.1 Å². The lowest BCUT2D eigenvalue weighted by Crippen LogP contribution is -2.43. The first kappa shape index (κ1) is 13.1. The molecule has 4 atom stereocenters. The zero-order chi connectivity index (χ0) is 14.0. The largest absolute Gasteiger partial charge is 0.481 e. The fraction of sp³-hybridized carbons (Fsp3) is 0.538. The summed E-state index contributed by atoms with van der Waals surface area (Å²) in [6, 6.07) is 3.67. The fourth-order valence-electron chi connectivity index (χ4n) is 3.09. The van der Waals surface area contributed by atoms with E-state index in [4.69, 9.17) is 10.5 Å². The molecule has 1 N–H and O–H groups in total. The van der Waals surface area contributed by atoms with Crippen LogP contribution in [0.1, 0.15) is 6.42 Å². The molecule has 6 heteroatoms. The molecular formula is C13H13N3O3. The molecule has 19 heavy (non-hydrogen) atoms. The van der Waals surface area contributed by atoms with Crippen molar-refractivity contribution >= 4 is 11.9 Å². The molecule has 1 fully saturated rings. The number of aliphatic carboxylic acids is 1. The molecule has 2 bridgehead atoms. The molecule has 0 saturated heterocycles. The molecule has 0 radical (unpaired) electrons. The molecule has 2 aliphatic rings. The summed E-state index contributed by atoms with van der Waals surface area (Å²) < 4.78 is 0. The van der Waals surface area contributed by atoms with Gasteiger partial charge in [-0.1, -0.05) is 12.2 Å². The van der Waals surface area contributed by atoms with Gasteiger partial charge in [-0.15, -0.1) is 0 Å². The minimum Gasteiger partial charge on any atom is -0.481 e. The smallest absolute Gasteiger partial charge is 0.307 e. The van der Waals surface area contributed by atoms with E-state index < -0.39 is 23.7 Å². The number of nitrogens with zero attached hydrogens (tertiary/aromatic N) is 3. The van der Waals surface area contributed by atoms with E-state index in [0.717, 1.165) is 4.90 Å². The van der Waals surface area contributed by atoms with Gasteiger partial charge in [-0.2, -0.15) is 10.5 Å². The van der Waals surface area contributed by atoms with Crippen LogP contribution < -0.4 is 0 Å². The van der Waals surface area contributed by atoms with E-state index in [1.807, 2.05) is 24.3 Å². The van der Waals surface area contributed by atoms with Crippen LogP contribution in [0.15, 0.2) is 12.2 Å². The molecule has 0 aromatic carbocycles. The van der Waals surface area contributed by atoms with Crippen molar-refractivity contribution in [1.29, 1.82) is 10.5 Å². The van der Waals surface area contributed by atoms with E-state index in [1.165, 1.54) is 0 Å². The van der Waals surface area contributed by atoms with Crippen LogP contribution in [0.2, 0.25) is 0 Å². The first-order chi connectivity index (χ1) is 9.10. The van der Waals surface area contributed by atoms with E-state index >= 15 is 0 Å². The number of allylic oxidation sites excluding steroid dienone is 2. The summed E-state index contributed by atoms with van der Waals surface area (Å²) >= 11 is 0. The number of hydrogen-bond acceptors (Lipinski definition) is 4. The number of hydrogen-bond donors (Lipinski definition) is 1. The van der Waals surface area contributed by atoms with Crippen LogP contribution in [-0.4, -0.2) is 35.0 Å². The maximum Gasteiger partial charge on any atom is 0.307 e. The van der Waals surface area contributed by atoms with Crippen LogP contribution in [-0.2, 0) is 9.59 Å². The molecule has 6 nitrogen and oxygen atoms in total. The Morgan fingerprint density at radius 3 is 2.16 bits per heavy atom. The fourth-order valence-corrected chi connectivity index (χ4v) is 3.09. The van der Waals surface area contributed by atoms with Gasteiger partial charge >= 0.3 is 5.97 Å². The van der Waals surface area contributed by atoms with Crippen LogP contribution in [0, 0.1) is 46.3 Å². The zero-order valence-corrected chi connectivity index (χ0v) is 10.2. The number of nitriles is 2. The molecule has 1 saturated carbocycles. The number of fused-ring (bicyclic) bond motifs is 2. The SMILES string of the molecule is N#CCN(CC#N)C(=O)[C@H]1C2C=CC(C2)[C@H]1C(=O)O. The lowest BCUT2D eigenvalue weighted by atomic mass is 9.82. The predicted molar refractivity (Wildman–Crippen MR) is 63.2 cm³/mol. The second-order valence-electron chi connectivity index (χ2n) is 4.85. The van der Waals surface area contributed by atoms with Gasteiger partial charge in [0.05, 0.1) is 24.0 Å². The van der Waals surface area contributed by atoms with Gasteiger partial charge in [0.2, 0.25) is 5.91 Å². The number of carboxylic acid groups (broad SMARTS) is 1. The molecule has 0 aromatic heterocycles. The van der Waals surface area contributed by atoms with E-state index in [9.17, 15) is 14.7 Å². The Labute approximate surface area is 110 Å². The van der Waals surface area contributed by atoms with Gasteiger partial charge in [0, 0.05) is 0 Å². The third-order valence-corrected chi connectivity index (χ3v) is 3.86. The van der Waals surface area contributed by atoms with Crippen molar-refractivity contribution in [2.24, 2.45) is 23.7 Å². The summed E-state index contributed by atoms with van der Waals surface area (Å²) in [5.41, 5.74) is 0. The lowest BCUT2D eigenvalue weighted by Gasteiger charge is -2.28. The van der Waals surface area contributed by atoms with Crippen molar-refractivity contribution in [3.63, 3.8) is 0 Å². The summed E-state index contributed by atoms with van der Waals surface area (Å²) in [5.74, 6) is -2.95. The first-order valence-corrected chi connectivity index (χ1v) is 6.04. The monoisotopic (exact) mass is 259 g/mol. The molecule has 0 heterocycles. The molecule has 2 aliphatic carbocycles. The van der Waals surface area contributed by atoms with Gasteiger partial charge in [-0.25, -0.2) is 0 Å². The predicted octanol–water partition coefficient (Wildman–Crippen LogP) is 0.385. The van der Waals surface area contributed by atoms with Gasteiger partial charge < -0.3 is 10.0 Å². The van der Waals surface area contributed by atoms with E-state index in [0.29, 0.717) is 6.42 Å². The Balaban J connectivity index is 2.22. The van der Waals surface area contributed by atoms with Gasteiger partial charge in [0.15, 0.2) is 0 Å². The Hall–Kier alpha value is -2.34. The molecule has 0 aliphatic heterocycles. The number of amides is 1. The quantitative estimate of drug-likeness (QED) is 0.580. The van der Waals surface area contributed by atoms with Crippen LogP contribution in [0.3, 0.4) is 0 Å². The first-order valence-electron chi connectivity index (χ1n) is 6.04. The molecule has 0 spiro atoms. The second-order valence-corrected chi connectivity index (χ2v) is 4.85. The normalized spacial score (nSPS) is 30.6. The van der Waals surface area contributed by atoms with Crippen molar-refractivity contribution in [3.05, 3.63) is 12.2 Å². The van der Waals surface area contributed by atoms with Crippen molar-refractivity contribution in [1.82, 2.24) is 4.90 Å². The van der Waals surface area contributed by atoms with E-state index in [2.05, 4.69) is 0 Å². The summed E-state index contributed by atoms with van der Waals surface area (Å²) in [7, 11) is 0. The summed E-state index contributed by atoms with van der Waals surface area (Å²) in [5, 5.41) is 26.6. The zero-order valence-electron chi connectivity index (χ0n) is 10.2. The Morgan fingerprint density at radius 2 is 1.68 bits per heavy atom. The van der Waals surface area contributed by atoms with Crippen molar-refractivity contribution < 1.29 is 14.7 Å². The Morgan fingerprint density at radius 1 is 1.16 bits per heavy atom. The topological polar surface area (TPSA) is 105 Å². The van der Waals surface area contributed by atoms with Gasteiger partial charge in [-0.05, 0) is 18.3 Å². The standard InChI is InChI=1S/C13H13N3O3/c14-3-5-16(6-4-15)12(17)10-8-1-2-9(7-8)11(10)13(18)19/h1-2,8-11H,5-7H2,(H,18,19)/t8?,9?,10-,11+/m0/s1. The highest BCUT2D eigenvalue weighted by molar-refractivity contribution is 5.87. The van der Waals surface area contributed by atoms with E-state index in [1.54, 1.807) is 0 Å². The lowest BCUT2D eigenvalue weighted by molar-refractivity contribution is -0.150. The van der Waals surface area contributed by atoms with Crippen molar-refractivity contribution in [2.75, 3.05) is 13.1 Å². The van der Waals surface area contributed by atoms with Crippen LogP contribution in [0.4, 0.5) is 0 Å². The Bertz CT molecular complexity index is 498. The summed E-state index contributed by atoms with van der Waals surface area (Å²) in [4.78, 5) is 24.8. The van der Waals surface area contributed by atoms with E-state index in [-0.39, 0.29) is 24.9 Å². The van der Waals surface area contributed by atoms with Gasteiger partial charge in [0.25, 0.3) is 0 Å².